The molecule has 4 nitrogen and oxygen atoms in total. The molecule has 1 aliphatic carbocycles. The van der Waals surface area contributed by atoms with Crippen molar-refractivity contribution in [2.24, 2.45) is 11.3 Å². The number of ether oxygens (including phenoxy) is 1. The Morgan fingerprint density at radius 1 is 1.39 bits per heavy atom. The second-order valence-corrected chi connectivity index (χ2v) is 8.47. The molecule has 1 aromatic rings. The van der Waals surface area contributed by atoms with E-state index < -0.39 is 0 Å². The predicted octanol–water partition coefficient (Wildman–Crippen LogP) is 3.53. The van der Waals surface area contributed by atoms with Crippen molar-refractivity contribution < 1.29 is 14.3 Å². The van der Waals surface area contributed by atoms with Gasteiger partial charge < -0.3 is 9.64 Å². The van der Waals surface area contributed by atoms with E-state index in [0.29, 0.717) is 17.9 Å². The lowest BCUT2D eigenvalue weighted by Gasteiger charge is -2.33. The number of rotatable bonds is 4. The van der Waals surface area contributed by atoms with E-state index in [9.17, 15) is 9.59 Å². The normalized spacial score (nSPS) is 17.5. The number of carbonyl (C=O) groups excluding carboxylic acids is 2. The lowest BCUT2D eigenvalue weighted by atomic mass is 9.72. The van der Waals surface area contributed by atoms with Crippen molar-refractivity contribution in [2.75, 3.05) is 20.2 Å². The van der Waals surface area contributed by atoms with E-state index in [1.807, 2.05) is 6.07 Å². The third-order valence-electron chi connectivity index (χ3n) is 4.54. The van der Waals surface area contributed by atoms with Crippen LogP contribution in [-0.2, 0) is 22.4 Å². The Labute approximate surface area is 142 Å². The van der Waals surface area contributed by atoms with Gasteiger partial charge in [0.05, 0.1) is 11.5 Å². The van der Waals surface area contributed by atoms with Gasteiger partial charge in [-0.15, -0.1) is 11.3 Å². The molecule has 0 fully saturated rings. The molecule has 1 heterocycles. The highest BCUT2D eigenvalue weighted by Crippen LogP contribution is 2.40. The number of amides is 1. The largest absolute Gasteiger partial charge is 0.465 e. The number of hydrogen-bond acceptors (Lipinski definition) is 4. The van der Waals surface area contributed by atoms with Gasteiger partial charge in [0.1, 0.15) is 6.54 Å². The summed E-state index contributed by atoms with van der Waals surface area (Å²) in [5.74, 6) is 0.201. The highest BCUT2D eigenvalue weighted by atomic mass is 32.1. The smallest absolute Gasteiger partial charge is 0.325 e. The first kappa shape index (κ1) is 18.0. The lowest BCUT2D eigenvalue weighted by Crippen LogP contribution is -2.32. The molecule has 0 bridgehead atoms. The van der Waals surface area contributed by atoms with Crippen LogP contribution in [0.1, 0.15) is 54.2 Å². The number of fused-ring (bicyclic) bond motifs is 1. The summed E-state index contributed by atoms with van der Waals surface area (Å²) in [7, 11) is 1.65. The summed E-state index contributed by atoms with van der Waals surface area (Å²) in [5.41, 5.74) is 1.61. The Kier molecular flexibility index (Phi) is 5.50. The maximum absolute atomic E-state index is 12.5. The van der Waals surface area contributed by atoms with E-state index in [2.05, 4.69) is 20.8 Å². The van der Waals surface area contributed by atoms with Crippen molar-refractivity contribution in [2.45, 2.75) is 47.0 Å². The number of carbonyl (C=O) groups is 2. The van der Waals surface area contributed by atoms with Gasteiger partial charge in [0, 0.05) is 11.9 Å². The van der Waals surface area contributed by atoms with Crippen LogP contribution in [0.4, 0.5) is 0 Å². The average molecular weight is 337 g/mol. The SMILES string of the molecule is CCOC(=O)CN(C)C(=O)c1cc2c(s1)CCC(C(C)(C)C)C2. The maximum Gasteiger partial charge on any atom is 0.325 e. The Bertz CT molecular complexity index is 586. The Morgan fingerprint density at radius 2 is 2.09 bits per heavy atom. The summed E-state index contributed by atoms with van der Waals surface area (Å²) >= 11 is 1.58. The number of esters is 1. The number of hydrogen-bond donors (Lipinski definition) is 0. The molecule has 0 saturated heterocycles. The third kappa shape index (κ3) is 4.34. The molecule has 128 valence electrons. The number of nitrogens with zero attached hydrogens (tertiary/aromatic N) is 1. The zero-order valence-corrected chi connectivity index (χ0v) is 15.6. The fourth-order valence-electron chi connectivity index (χ4n) is 3.03. The van der Waals surface area contributed by atoms with Crippen LogP contribution in [-0.4, -0.2) is 37.0 Å². The van der Waals surface area contributed by atoms with Crippen LogP contribution >= 0.6 is 11.3 Å². The summed E-state index contributed by atoms with van der Waals surface area (Å²) < 4.78 is 4.90. The van der Waals surface area contributed by atoms with Crippen LogP contribution in [0.2, 0.25) is 0 Å². The molecule has 1 aromatic heterocycles. The van der Waals surface area contributed by atoms with Gasteiger partial charge >= 0.3 is 5.97 Å². The molecular weight excluding hydrogens is 310 g/mol. The second kappa shape index (κ2) is 7.04. The molecular formula is C18H27NO3S. The van der Waals surface area contributed by atoms with Crippen LogP contribution < -0.4 is 0 Å². The van der Waals surface area contributed by atoms with E-state index >= 15 is 0 Å². The minimum atomic E-state index is -0.363. The van der Waals surface area contributed by atoms with Gasteiger partial charge in [-0.25, -0.2) is 0 Å². The summed E-state index contributed by atoms with van der Waals surface area (Å²) in [6.45, 7) is 8.96. The highest BCUT2D eigenvalue weighted by Gasteiger charge is 2.30. The summed E-state index contributed by atoms with van der Waals surface area (Å²) in [6, 6.07) is 2.03. The first-order valence-corrected chi connectivity index (χ1v) is 9.06. The maximum atomic E-state index is 12.5. The molecule has 1 aliphatic rings. The van der Waals surface area contributed by atoms with Crippen molar-refractivity contribution in [1.29, 1.82) is 0 Å². The number of likely N-dealkylation sites (N-methyl/N-ethyl adjacent to an activating group) is 1. The topological polar surface area (TPSA) is 46.6 Å². The number of aryl methyl sites for hydroxylation is 1. The summed E-state index contributed by atoms with van der Waals surface area (Å²) in [4.78, 5) is 27.5. The predicted molar refractivity (Wildman–Crippen MR) is 92.9 cm³/mol. The molecule has 1 atom stereocenters. The molecule has 5 heteroatoms. The minimum Gasteiger partial charge on any atom is -0.465 e. The molecule has 0 aromatic carbocycles. The molecule has 2 rings (SSSR count). The van der Waals surface area contributed by atoms with Gasteiger partial charge in [0.2, 0.25) is 0 Å². The van der Waals surface area contributed by atoms with Gasteiger partial charge in [-0.3, -0.25) is 9.59 Å². The first-order valence-electron chi connectivity index (χ1n) is 8.25. The van der Waals surface area contributed by atoms with Crippen LogP contribution in [0.3, 0.4) is 0 Å². The van der Waals surface area contributed by atoms with Crippen LogP contribution in [0.5, 0.6) is 0 Å². The monoisotopic (exact) mass is 337 g/mol. The average Bonchev–Trinajstić information content (AvgIpc) is 2.88. The Hall–Kier alpha value is -1.36. The van der Waals surface area contributed by atoms with E-state index in [0.717, 1.165) is 17.7 Å². The highest BCUT2D eigenvalue weighted by molar-refractivity contribution is 7.14. The van der Waals surface area contributed by atoms with Gasteiger partial charge in [-0.2, -0.15) is 0 Å². The zero-order chi connectivity index (χ0) is 17.2. The van der Waals surface area contributed by atoms with Crippen LogP contribution in [0, 0.1) is 11.3 Å². The second-order valence-electron chi connectivity index (χ2n) is 7.33. The first-order chi connectivity index (χ1) is 10.7. The summed E-state index contributed by atoms with van der Waals surface area (Å²) in [6.07, 6.45) is 3.28. The van der Waals surface area contributed by atoms with Gasteiger partial charge in [-0.05, 0) is 49.1 Å². The Morgan fingerprint density at radius 3 is 2.70 bits per heavy atom. The molecule has 0 aliphatic heterocycles. The molecule has 1 amide bonds. The molecule has 0 saturated carbocycles. The van der Waals surface area contributed by atoms with Crippen molar-refractivity contribution in [3.05, 3.63) is 21.4 Å². The fraction of sp³-hybridized carbons (Fsp3) is 0.667. The molecule has 0 spiro atoms. The van der Waals surface area contributed by atoms with Crippen molar-refractivity contribution in [3.8, 4) is 0 Å². The van der Waals surface area contributed by atoms with E-state index in [4.69, 9.17) is 4.74 Å². The Balaban J connectivity index is 2.07. The molecule has 1 unspecified atom stereocenters. The quantitative estimate of drug-likeness (QED) is 0.790. The van der Waals surface area contributed by atoms with Gasteiger partial charge in [-0.1, -0.05) is 20.8 Å². The van der Waals surface area contributed by atoms with Crippen molar-refractivity contribution in [3.63, 3.8) is 0 Å². The lowest BCUT2D eigenvalue weighted by molar-refractivity contribution is -0.143. The molecule has 0 N–H and O–H groups in total. The van der Waals surface area contributed by atoms with E-state index in [-0.39, 0.29) is 18.4 Å². The van der Waals surface area contributed by atoms with Gasteiger partial charge in [0.15, 0.2) is 0 Å². The van der Waals surface area contributed by atoms with Crippen molar-refractivity contribution >= 4 is 23.2 Å². The van der Waals surface area contributed by atoms with Crippen molar-refractivity contribution in [1.82, 2.24) is 4.90 Å². The van der Waals surface area contributed by atoms with Crippen LogP contribution in [0.15, 0.2) is 6.07 Å². The summed E-state index contributed by atoms with van der Waals surface area (Å²) in [5, 5.41) is 0. The van der Waals surface area contributed by atoms with E-state index in [1.54, 1.807) is 25.3 Å². The van der Waals surface area contributed by atoms with Gasteiger partial charge in [0.25, 0.3) is 5.91 Å². The number of thiophene rings is 1. The molecule has 23 heavy (non-hydrogen) atoms. The third-order valence-corrected chi connectivity index (χ3v) is 5.76. The zero-order valence-electron chi connectivity index (χ0n) is 14.8. The minimum absolute atomic E-state index is 0.000143. The molecule has 0 radical (unpaired) electrons. The van der Waals surface area contributed by atoms with Crippen LogP contribution in [0.25, 0.3) is 0 Å². The fourth-order valence-corrected chi connectivity index (χ4v) is 4.23. The van der Waals surface area contributed by atoms with E-state index in [1.165, 1.54) is 21.8 Å². The standard InChI is InChI=1S/C18H27NO3S/c1-6-22-16(20)11-19(5)17(21)15-10-12-9-13(18(2,3)4)7-8-14(12)23-15/h10,13H,6-9,11H2,1-5H3.